The topological polar surface area (TPSA) is 79.6 Å². The van der Waals surface area contributed by atoms with Crippen LogP contribution in [-0.4, -0.2) is 47.2 Å². The fourth-order valence-corrected chi connectivity index (χ4v) is 2.56. The Kier molecular flexibility index (Phi) is 7.25. The van der Waals surface area contributed by atoms with E-state index in [4.69, 9.17) is 0 Å². The van der Waals surface area contributed by atoms with Gasteiger partial charge in [0.15, 0.2) is 5.82 Å². The first-order valence-corrected chi connectivity index (χ1v) is 8.22. The molecule has 2 rings (SSSR count). The van der Waals surface area contributed by atoms with Crippen molar-refractivity contribution in [3.8, 4) is 0 Å². The first-order valence-electron chi connectivity index (χ1n) is 7.43. The van der Waals surface area contributed by atoms with Gasteiger partial charge in [0, 0.05) is 19.0 Å². The van der Waals surface area contributed by atoms with Crippen molar-refractivity contribution in [3.05, 3.63) is 10.7 Å². The van der Waals surface area contributed by atoms with Crippen LogP contribution < -0.4 is 5.32 Å². The second-order valence-corrected chi connectivity index (χ2v) is 6.12. The molecule has 1 aliphatic rings. The van der Waals surface area contributed by atoms with Crippen LogP contribution in [0.3, 0.4) is 0 Å². The molecule has 2 N–H and O–H groups in total. The van der Waals surface area contributed by atoms with Crippen LogP contribution >= 0.6 is 15.9 Å². The zero-order chi connectivity index (χ0) is 16.7. The van der Waals surface area contributed by atoms with Gasteiger partial charge in [-0.15, -0.1) is 0 Å². The number of nitrogens with one attached hydrogen (secondary N) is 1. The summed E-state index contributed by atoms with van der Waals surface area (Å²) in [5, 5.41) is 12.3. The van der Waals surface area contributed by atoms with Crippen LogP contribution in [-0.2, 0) is 4.74 Å². The number of ether oxygens (including phenoxy) is 1. The van der Waals surface area contributed by atoms with Crippen LogP contribution in [0.25, 0.3) is 0 Å². The molecule has 23 heavy (non-hydrogen) atoms. The van der Waals surface area contributed by atoms with Gasteiger partial charge in [0.25, 0.3) is 0 Å². The summed E-state index contributed by atoms with van der Waals surface area (Å²) in [7, 11) is 0. The van der Waals surface area contributed by atoms with Crippen molar-refractivity contribution in [3.63, 3.8) is 0 Å². The lowest BCUT2D eigenvalue weighted by Crippen LogP contribution is -2.18. The van der Waals surface area contributed by atoms with E-state index in [1.807, 2.05) is 6.21 Å². The van der Waals surface area contributed by atoms with E-state index < -0.39 is 6.61 Å². The lowest BCUT2D eigenvalue weighted by atomic mass is 9.88. The fourth-order valence-electron chi connectivity index (χ4n) is 2.27. The smallest absolute Gasteiger partial charge is 0.345 e. The third kappa shape index (κ3) is 6.44. The predicted molar refractivity (Wildman–Crippen MR) is 86.3 cm³/mol. The number of nitrogens with zero attached hydrogens (tertiary/aromatic N) is 3. The molecule has 1 fully saturated rings. The zero-order valence-electron chi connectivity index (χ0n) is 12.5. The summed E-state index contributed by atoms with van der Waals surface area (Å²) >= 11 is 3.34. The van der Waals surface area contributed by atoms with Crippen LogP contribution in [0.5, 0.6) is 0 Å². The number of aliphatic imine (C=N–C) groups is 1. The number of aliphatic hydroxyl groups is 1. The van der Waals surface area contributed by atoms with E-state index in [9.17, 15) is 13.9 Å². The Bertz CT molecular complexity index is 525. The number of aliphatic hydroxyl groups excluding tert-OH is 1. The molecule has 1 heterocycles. The molecule has 1 saturated carbocycles. The van der Waals surface area contributed by atoms with Gasteiger partial charge >= 0.3 is 6.61 Å². The Morgan fingerprint density at radius 1 is 1.43 bits per heavy atom. The predicted octanol–water partition coefficient (Wildman–Crippen LogP) is 3.14. The van der Waals surface area contributed by atoms with Crippen molar-refractivity contribution in [1.82, 2.24) is 9.97 Å². The van der Waals surface area contributed by atoms with Crippen LogP contribution in [0.15, 0.2) is 15.7 Å². The fraction of sp³-hybridized carbons (Fsp3) is 0.643. The van der Waals surface area contributed by atoms with Crippen molar-refractivity contribution >= 4 is 33.9 Å². The van der Waals surface area contributed by atoms with E-state index in [1.165, 1.54) is 0 Å². The van der Waals surface area contributed by atoms with E-state index in [2.05, 4.69) is 40.9 Å². The van der Waals surface area contributed by atoms with E-state index in [0.717, 1.165) is 25.7 Å². The monoisotopic (exact) mass is 392 g/mol. The maximum Gasteiger partial charge on any atom is 0.345 e. The Labute approximate surface area is 141 Å². The standard InChI is InChI=1S/C14H19BrF2N4O2/c15-11-8-20-14(18-5-6-23-13(16)17)21-12(11)19-7-9-1-3-10(22)4-2-9/h7-10,13,22H,1-6H2,(H,18,20,21)/b19-7+. The van der Waals surface area contributed by atoms with Crippen LogP contribution in [0.4, 0.5) is 20.5 Å². The Balaban J connectivity index is 1.89. The first-order chi connectivity index (χ1) is 11.0. The molecule has 0 unspecified atom stereocenters. The van der Waals surface area contributed by atoms with Crippen LogP contribution in [0.2, 0.25) is 0 Å². The van der Waals surface area contributed by atoms with E-state index in [0.29, 0.717) is 22.2 Å². The molecule has 0 bridgehead atoms. The van der Waals surface area contributed by atoms with Gasteiger partial charge in [-0.25, -0.2) is 9.98 Å². The SMILES string of the molecule is OC1CCC(/C=N/c2nc(NCCOC(F)F)ncc2Br)CC1. The molecular formula is C14H19BrF2N4O2. The molecule has 6 nitrogen and oxygen atoms in total. The third-order valence-corrected chi connectivity index (χ3v) is 4.06. The molecule has 0 atom stereocenters. The molecule has 0 aliphatic heterocycles. The zero-order valence-corrected chi connectivity index (χ0v) is 14.0. The van der Waals surface area contributed by atoms with Crippen LogP contribution in [0, 0.1) is 5.92 Å². The molecule has 0 amide bonds. The quantitative estimate of drug-likeness (QED) is 0.550. The maximum absolute atomic E-state index is 11.9. The molecule has 1 aromatic heterocycles. The van der Waals surface area contributed by atoms with E-state index in [1.54, 1.807) is 6.20 Å². The molecule has 1 aromatic rings. The van der Waals surface area contributed by atoms with Crippen molar-refractivity contribution in [2.45, 2.75) is 38.4 Å². The molecule has 0 saturated heterocycles. The highest BCUT2D eigenvalue weighted by atomic mass is 79.9. The summed E-state index contributed by atoms with van der Waals surface area (Å²) in [5.74, 6) is 1.11. The highest BCUT2D eigenvalue weighted by Gasteiger charge is 2.17. The summed E-state index contributed by atoms with van der Waals surface area (Å²) in [6.07, 6.45) is 6.60. The van der Waals surface area contributed by atoms with Gasteiger partial charge in [-0.2, -0.15) is 13.8 Å². The summed E-state index contributed by atoms with van der Waals surface area (Å²) in [4.78, 5) is 12.6. The first kappa shape index (κ1) is 18.2. The maximum atomic E-state index is 11.9. The Morgan fingerprint density at radius 2 is 2.17 bits per heavy atom. The number of halogens is 3. The minimum Gasteiger partial charge on any atom is -0.393 e. The summed E-state index contributed by atoms with van der Waals surface area (Å²) < 4.78 is 28.5. The molecule has 0 aromatic carbocycles. The van der Waals surface area contributed by atoms with E-state index >= 15 is 0 Å². The molecule has 1 aliphatic carbocycles. The van der Waals surface area contributed by atoms with E-state index in [-0.39, 0.29) is 19.3 Å². The van der Waals surface area contributed by atoms with Crippen molar-refractivity contribution in [2.75, 3.05) is 18.5 Å². The lowest BCUT2D eigenvalue weighted by Gasteiger charge is -2.22. The normalized spacial score (nSPS) is 22.0. The molecular weight excluding hydrogens is 374 g/mol. The van der Waals surface area contributed by atoms with Crippen molar-refractivity contribution in [1.29, 1.82) is 0 Å². The van der Waals surface area contributed by atoms with Gasteiger partial charge in [0.05, 0.1) is 17.2 Å². The minimum absolute atomic E-state index is 0.139. The molecule has 128 valence electrons. The summed E-state index contributed by atoms with van der Waals surface area (Å²) in [5.41, 5.74) is 0. The highest BCUT2D eigenvalue weighted by Crippen LogP contribution is 2.26. The minimum atomic E-state index is -2.78. The van der Waals surface area contributed by atoms with Gasteiger partial charge in [0.2, 0.25) is 5.95 Å². The summed E-state index contributed by atoms with van der Waals surface area (Å²) in [6.45, 7) is -2.74. The number of hydrogen-bond donors (Lipinski definition) is 2. The van der Waals surface area contributed by atoms with Crippen LogP contribution in [0.1, 0.15) is 25.7 Å². The average molecular weight is 393 g/mol. The largest absolute Gasteiger partial charge is 0.393 e. The second-order valence-electron chi connectivity index (χ2n) is 5.27. The van der Waals surface area contributed by atoms with Gasteiger partial charge in [-0.1, -0.05) is 0 Å². The highest BCUT2D eigenvalue weighted by molar-refractivity contribution is 9.10. The molecule has 9 heteroatoms. The number of anilines is 1. The molecule has 0 radical (unpaired) electrons. The Hall–Kier alpha value is -1.19. The lowest BCUT2D eigenvalue weighted by molar-refractivity contribution is -0.125. The van der Waals surface area contributed by atoms with Gasteiger partial charge < -0.3 is 15.2 Å². The Morgan fingerprint density at radius 3 is 2.87 bits per heavy atom. The molecule has 0 spiro atoms. The second kappa shape index (κ2) is 9.19. The third-order valence-electron chi connectivity index (χ3n) is 3.50. The van der Waals surface area contributed by atoms with Gasteiger partial charge in [-0.05, 0) is 47.5 Å². The average Bonchev–Trinajstić information content (AvgIpc) is 2.53. The summed E-state index contributed by atoms with van der Waals surface area (Å²) in [6, 6.07) is 0. The number of alkyl halides is 2. The van der Waals surface area contributed by atoms with Gasteiger partial charge in [-0.3, -0.25) is 0 Å². The number of hydrogen-bond acceptors (Lipinski definition) is 6. The number of rotatable bonds is 7. The van der Waals surface area contributed by atoms with Crippen molar-refractivity contribution < 1.29 is 18.6 Å². The van der Waals surface area contributed by atoms with Gasteiger partial charge in [0.1, 0.15) is 0 Å². The van der Waals surface area contributed by atoms with Crippen molar-refractivity contribution in [2.24, 2.45) is 10.9 Å². The number of aromatic nitrogens is 2.